The van der Waals surface area contributed by atoms with E-state index < -0.39 is 5.91 Å². The molecule has 2 aromatic rings. The molecule has 122 valence electrons. The zero-order valence-corrected chi connectivity index (χ0v) is 15.2. The molecule has 0 bridgehead atoms. The molecule has 2 rings (SSSR count). The summed E-state index contributed by atoms with van der Waals surface area (Å²) in [7, 11) is 0. The standard InChI is InChI=1S/C16H16Cl2N2O2S/c1-16(2,3)20-15(23)19-14(21)12-8-7-11(22-12)9-5-4-6-10(17)13(9)18/h4-8H,1-3H3,(H2,19,20,21,23). The number of amides is 1. The van der Waals surface area contributed by atoms with Gasteiger partial charge in [-0.15, -0.1) is 0 Å². The average Bonchev–Trinajstić information content (AvgIpc) is 2.89. The van der Waals surface area contributed by atoms with Gasteiger partial charge in [0.2, 0.25) is 0 Å². The molecule has 4 nitrogen and oxygen atoms in total. The fraction of sp³-hybridized carbons (Fsp3) is 0.250. The Morgan fingerprint density at radius 2 is 1.87 bits per heavy atom. The van der Waals surface area contributed by atoms with Gasteiger partial charge in [0, 0.05) is 11.1 Å². The highest BCUT2D eigenvalue weighted by Crippen LogP contribution is 2.34. The first-order chi connectivity index (χ1) is 10.7. The van der Waals surface area contributed by atoms with E-state index in [2.05, 4.69) is 10.6 Å². The van der Waals surface area contributed by atoms with E-state index in [1.165, 1.54) is 0 Å². The summed E-state index contributed by atoms with van der Waals surface area (Å²) < 4.78 is 5.56. The van der Waals surface area contributed by atoms with Gasteiger partial charge >= 0.3 is 0 Å². The van der Waals surface area contributed by atoms with E-state index >= 15 is 0 Å². The minimum Gasteiger partial charge on any atom is -0.451 e. The van der Waals surface area contributed by atoms with E-state index in [1.807, 2.05) is 20.8 Å². The molecule has 0 aliphatic heterocycles. The second-order valence-corrected chi connectivity index (χ2v) is 7.12. The second kappa shape index (κ2) is 6.91. The molecule has 1 aromatic heterocycles. The first kappa shape index (κ1) is 17.8. The van der Waals surface area contributed by atoms with Gasteiger partial charge in [0.25, 0.3) is 5.91 Å². The van der Waals surface area contributed by atoms with Crippen LogP contribution in [0.2, 0.25) is 10.0 Å². The third-order valence-electron chi connectivity index (χ3n) is 2.76. The highest BCUT2D eigenvalue weighted by atomic mass is 35.5. The predicted molar refractivity (Wildman–Crippen MR) is 97.1 cm³/mol. The van der Waals surface area contributed by atoms with Gasteiger partial charge in [0.1, 0.15) is 5.76 Å². The largest absolute Gasteiger partial charge is 0.451 e. The Morgan fingerprint density at radius 3 is 2.52 bits per heavy atom. The van der Waals surface area contributed by atoms with Crippen LogP contribution < -0.4 is 10.6 Å². The number of carbonyl (C=O) groups is 1. The molecule has 1 amide bonds. The Labute approximate surface area is 150 Å². The van der Waals surface area contributed by atoms with Crippen LogP contribution in [0.25, 0.3) is 11.3 Å². The third-order valence-corrected chi connectivity index (χ3v) is 3.79. The van der Waals surface area contributed by atoms with Crippen molar-refractivity contribution >= 4 is 46.4 Å². The molecule has 1 aromatic carbocycles. The second-order valence-electron chi connectivity index (χ2n) is 5.92. The molecule has 0 atom stereocenters. The maximum absolute atomic E-state index is 12.1. The van der Waals surface area contributed by atoms with Gasteiger partial charge < -0.3 is 9.73 Å². The molecule has 0 radical (unpaired) electrons. The summed E-state index contributed by atoms with van der Waals surface area (Å²) >= 11 is 17.2. The Kier molecular flexibility index (Phi) is 5.34. The summed E-state index contributed by atoms with van der Waals surface area (Å²) in [6.45, 7) is 5.83. The van der Waals surface area contributed by atoms with E-state index in [0.29, 0.717) is 21.4 Å². The average molecular weight is 371 g/mol. The fourth-order valence-corrected chi connectivity index (χ4v) is 2.63. The van der Waals surface area contributed by atoms with Crippen LogP contribution in [-0.2, 0) is 0 Å². The summed E-state index contributed by atoms with van der Waals surface area (Å²) in [6, 6.07) is 8.42. The number of carbonyl (C=O) groups excluding carboxylic acids is 1. The molecule has 0 saturated carbocycles. The van der Waals surface area contributed by atoms with Crippen molar-refractivity contribution in [2.24, 2.45) is 0 Å². The Morgan fingerprint density at radius 1 is 1.17 bits per heavy atom. The summed E-state index contributed by atoms with van der Waals surface area (Å²) in [5.74, 6) is 0.155. The highest BCUT2D eigenvalue weighted by molar-refractivity contribution is 7.80. The maximum Gasteiger partial charge on any atom is 0.293 e. The molecule has 23 heavy (non-hydrogen) atoms. The number of halogens is 2. The predicted octanol–water partition coefficient (Wildman–Crippen LogP) is 4.66. The van der Waals surface area contributed by atoms with Crippen LogP contribution in [0.3, 0.4) is 0 Å². The fourth-order valence-electron chi connectivity index (χ4n) is 1.84. The van der Waals surface area contributed by atoms with Crippen LogP contribution >= 0.6 is 35.4 Å². The number of benzene rings is 1. The zero-order valence-electron chi connectivity index (χ0n) is 12.9. The molecule has 0 spiro atoms. The van der Waals surface area contributed by atoms with E-state index in [4.69, 9.17) is 39.8 Å². The quantitative estimate of drug-likeness (QED) is 0.755. The summed E-state index contributed by atoms with van der Waals surface area (Å²) in [4.78, 5) is 12.1. The Balaban J connectivity index is 2.14. The van der Waals surface area contributed by atoms with Crippen molar-refractivity contribution in [3.63, 3.8) is 0 Å². The smallest absolute Gasteiger partial charge is 0.293 e. The van der Waals surface area contributed by atoms with Crippen LogP contribution in [0.15, 0.2) is 34.7 Å². The summed E-state index contributed by atoms with van der Waals surface area (Å²) in [5, 5.41) is 6.60. The van der Waals surface area contributed by atoms with Crippen molar-refractivity contribution in [3.8, 4) is 11.3 Å². The molecule has 7 heteroatoms. The van der Waals surface area contributed by atoms with Gasteiger partial charge in [0.05, 0.1) is 10.0 Å². The molecular formula is C16H16Cl2N2O2S. The lowest BCUT2D eigenvalue weighted by molar-refractivity contribution is 0.0950. The lowest BCUT2D eigenvalue weighted by Gasteiger charge is -2.22. The van der Waals surface area contributed by atoms with Gasteiger partial charge in [-0.3, -0.25) is 10.1 Å². The van der Waals surface area contributed by atoms with Crippen LogP contribution in [-0.4, -0.2) is 16.6 Å². The molecule has 1 heterocycles. The van der Waals surface area contributed by atoms with Crippen molar-refractivity contribution < 1.29 is 9.21 Å². The number of nitrogens with one attached hydrogen (secondary N) is 2. The van der Waals surface area contributed by atoms with Crippen molar-refractivity contribution in [3.05, 3.63) is 46.1 Å². The highest BCUT2D eigenvalue weighted by Gasteiger charge is 2.18. The SMILES string of the molecule is CC(C)(C)NC(=S)NC(=O)c1ccc(-c2cccc(Cl)c2Cl)o1. The van der Waals surface area contributed by atoms with Crippen LogP contribution in [0, 0.1) is 0 Å². The van der Waals surface area contributed by atoms with Crippen molar-refractivity contribution in [2.75, 3.05) is 0 Å². The number of thiocarbonyl (C=S) groups is 1. The van der Waals surface area contributed by atoms with Gasteiger partial charge in [-0.25, -0.2) is 0 Å². The lowest BCUT2D eigenvalue weighted by atomic mass is 10.1. The van der Waals surface area contributed by atoms with Gasteiger partial charge in [-0.1, -0.05) is 29.3 Å². The Bertz CT molecular complexity index is 751. The van der Waals surface area contributed by atoms with Crippen molar-refractivity contribution in [1.82, 2.24) is 10.6 Å². The minimum absolute atomic E-state index is 0.133. The van der Waals surface area contributed by atoms with E-state index in [0.717, 1.165) is 0 Å². The Hall–Kier alpha value is -1.56. The molecule has 0 unspecified atom stereocenters. The first-order valence-corrected chi connectivity index (χ1v) is 8.01. The molecule has 0 saturated heterocycles. The van der Waals surface area contributed by atoms with Crippen LogP contribution in [0.4, 0.5) is 0 Å². The van der Waals surface area contributed by atoms with E-state index in [9.17, 15) is 4.79 Å². The number of hydrogen-bond acceptors (Lipinski definition) is 3. The molecule has 0 fully saturated rings. The third kappa shape index (κ3) is 4.70. The monoisotopic (exact) mass is 370 g/mol. The topological polar surface area (TPSA) is 54.3 Å². The van der Waals surface area contributed by atoms with Crippen molar-refractivity contribution in [1.29, 1.82) is 0 Å². The summed E-state index contributed by atoms with van der Waals surface area (Å²) in [6.07, 6.45) is 0. The van der Waals surface area contributed by atoms with Gasteiger partial charge in [0.15, 0.2) is 10.9 Å². The number of hydrogen-bond donors (Lipinski definition) is 2. The minimum atomic E-state index is -0.434. The number of rotatable bonds is 2. The van der Waals surface area contributed by atoms with Gasteiger partial charge in [-0.05, 0) is 57.3 Å². The van der Waals surface area contributed by atoms with Gasteiger partial charge in [-0.2, -0.15) is 0 Å². The van der Waals surface area contributed by atoms with E-state index in [1.54, 1.807) is 30.3 Å². The molecular weight excluding hydrogens is 355 g/mol. The lowest BCUT2D eigenvalue weighted by Crippen LogP contribution is -2.48. The molecule has 2 N–H and O–H groups in total. The maximum atomic E-state index is 12.1. The van der Waals surface area contributed by atoms with Crippen molar-refractivity contribution in [2.45, 2.75) is 26.3 Å². The molecule has 0 aliphatic rings. The summed E-state index contributed by atoms with van der Waals surface area (Å²) in [5.41, 5.74) is 0.376. The number of furan rings is 1. The zero-order chi connectivity index (χ0) is 17.2. The first-order valence-electron chi connectivity index (χ1n) is 6.85. The van der Waals surface area contributed by atoms with E-state index in [-0.39, 0.29) is 16.4 Å². The van der Waals surface area contributed by atoms with Crippen LogP contribution in [0.1, 0.15) is 31.3 Å². The molecule has 0 aliphatic carbocycles. The normalized spacial score (nSPS) is 11.2. The van der Waals surface area contributed by atoms with Crippen LogP contribution in [0.5, 0.6) is 0 Å².